The summed E-state index contributed by atoms with van der Waals surface area (Å²) in [6, 6.07) is 0. The highest BCUT2D eigenvalue weighted by molar-refractivity contribution is 5.91. The van der Waals surface area contributed by atoms with E-state index in [9.17, 15) is 18.0 Å². The molecule has 1 heterocycles. The van der Waals surface area contributed by atoms with E-state index in [1.54, 1.807) is 0 Å². The number of nitrogens with zero attached hydrogens (tertiary/aromatic N) is 4. The number of hydrogen-bond acceptors (Lipinski definition) is 5. The third-order valence-corrected chi connectivity index (χ3v) is 2.49. The molecule has 0 unspecified atom stereocenters. The van der Waals surface area contributed by atoms with Crippen LogP contribution in [0, 0.1) is 0 Å². The van der Waals surface area contributed by atoms with Gasteiger partial charge in [0.1, 0.15) is 0 Å². The van der Waals surface area contributed by atoms with Gasteiger partial charge in [0.15, 0.2) is 5.69 Å². The van der Waals surface area contributed by atoms with Crippen molar-refractivity contribution in [1.29, 1.82) is 0 Å². The van der Waals surface area contributed by atoms with Gasteiger partial charge in [-0.3, -0.25) is 19.8 Å². The minimum Gasteiger partial charge on any atom is -0.293 e. The van der Waals surface area contributed by atoms with E-state index in [-0.39, 0.29) is 18.8 Å². The van der Waals surface area contributed by atoms with Crippen LogP contribution in [0.15, 0.2) is 6.20 Å². The molecule has 1 amide bonds. The first-order valence-electron chi connectivity index (χ1n) is 6.06. The minimum atomic E-state index is -4.23. The SMILES string of the molecule is CCCN(CCn1cc(C(=O)NN)nn1)CC(F)(F)F. The highest BCUT2D eigenvalue weighted by Crippen LogP contribution is 2.16. The van der Waals surface area contributed by atoms with E-state index < -0.39 is 18.6 Å². The maximum absolute atomic E-state index is 12.4. The van der Waals surface area contributed by atoms with Crippen LogP contribution in [0.5, 0.6) is 0 Å². The summed E-state index contributed by atoms with van der Waals surface area (Å²) in [5, 5.41) is 7.22. The monoisotopic (exact) mass is 294 g/mol. The second kappa shape index (κ2) is 7.20. The van der Waals surface area contributed by atoms with Crippen molar-refractivity contribution in [3.8, 4) is 0 Å². The molecule has 0 bridgehead atoms. The maximum atomic E-state index is 12.4. The summed E-state index contributed by atoms with van der Waals surface area (Å²) in [7, 11) is 0. The first-order valence-corrected chi connectivity index (χ1v) is 6.06. The maximum Gasteiger partial charge on any atom is 0.401 e. The van der Waals surface area contributed by atoms with Crippen molar-refractivity contribution in [3.63, 3.8) is 0 Å². The standard InChI is InChI=1S/C10H17F3N6O/c1-2-3-18(7-10(11,12)13)4-5-19-6-8(16-17-19)9(20)15-14/h6H,2-5,7,14H2,1H3,(H,15,20). The topological polar surface area (TPSA) is 89.1 Å². The molecule has 1 aromatic heterocycles. The Morgan fingerprint density at radius 1 is 1.50 bits per heavy atom. The third-order valence-electron chi connectivity index (χ3n) is 2.49. The number of carbonyl (C=O) groups is 1. The first kappa shape index (κ1) is 16.4. The summed E-state index contributed by atoms with van der Waals surface area (Å²) in [4.78, 5) is 12.4. The van der Waals surface area contributed by atoms with Gasteiger partial charge in [0.25, 0.3) is 5.91 Å². The van der Waals surface area contributed by atoms with Crippen LogP contribution in [0.2, 0.25) is 0 Å². The van der Waals surface area contributed by atoms with E-state index in [1.807, 2.05) is 12.3 Å². The number of rotatable bonds is 7. The molecule has 0 fully saturated rings. The molecule has 0 aliphatic rings. The molecule has 0 spiro atoms. The number of carbonyl (C=O) groups excluding carboxylic acids is 1. The zero-order chi connectivity index (χ0) is 15.2. The number of alkyl halides is 3. The van der Waals surface area contributed by atoms with Gasteiger partial charge < -0.3 is 0 Å². The smallest absolute Gasteiger partial charge is 0.293 e. The number of hydrazine groups is 1. The van der Waals surface area contributed by atoms with Crippen LogP contribution in [-0.2, 0) is 6.54 Å². The molecule has 10 heteroatoms. The van der Waals surface area contributed by atoms with Gasteiger partial charge in [0, 0.05) is 6.54 Å². The van der Waals surface area contributed by atoms with Gasteiger partial charge in [-0.2, -0.15) is 13.2 Å². The molecule has 7 nitrogen and oxygen atoms in total. The molecule has 3 N–H and O–H groups in total. The quantitative estimate of drug-likeness (QED) is 0.425. The normalized spacial score (nSPS) is 11.9. The predicted octanol–water partition coefficient (Wildman–Crippen LogP) is 0.156. The number of hydrogen-bond donors (Lipinski definition) is 2. The summed E-state index contributed by atoms with van der Waals surface area (Å²) in [6.45, 7) is 1.56. The fraction of sp³-hybridized carbons (Fsp3) is 0.700. The average molecular weight is 294 g/mol. The summed E-state index contributed by atoms with van der Waals surface area (Å²) in [5.41, 5.74) is 1.92. The van der Waals surface area contributed by atoms with Gasteiger partial charge in [-0.1, -0.05) is 12.1 Å². The third kappa shape index (κ3) is 5.53. The highest BCUT2D eigenvalue weighted by atomic mass is 19.4. The Kier molecular flexibility index (Phi) is 5.89. The molecule has 0 atom stereocenters. The van der Waals surface area contributed by atoms with E-state index in [0.717, 1.165) is 0 Å². The second-order valence-electron chi connectivity index (χ2n) is 4.23. The lowest BCUT2D eigenvalue weighted by Crippen LogP contribution is -2.37. The molecule has 0 radical (unpaired) electrons. The van der Waals surface area contributed by atoms with E-state index in [1.165, 1.54) is 15.8 Å². The minimum absolute atomic E-state index is 0.0189. The van der Waals surface area contributed by atoms with Crippen LogP contribution in [-0.4, -0.2) is 51.6 Å². The highest BCUT2D eigenvalue weighted by Gasteiger charge is 2.30. The zero-order valence-corrected chi connectivity index (χ0v) is 11.0. The second-order valence-corrected chi connectivity index (χ2v) is 4.23. The van der Waals surface area contributed by atoms with Crippen molar-refractivity contribution < 1.29 is 18.0 Å². The Balaban J connectivity index is 2.54. The van der Waals surface area contributed by atoms with Crippen molar-refractivity contribution in [2.24, 2.45) is 5.84 Å². The molecule has 0 aliphatic heterocycles. The lowest BCUT2D eigenvalue weighted by atomic mass is 10.4. The predicted molar refractivity (Wildman–Crippen MR) is 64.5 cm³/mol. The lowest BCUT2D eigenvalue weighted by Gasteiger charge is -2.22. The van der Waals surface area contributed by atoms with Gasteiger partial charge in [0.2, 0.25) is 0 Å². The molecule has 0 saturated heterocycles. The van der Waals surface area contributed by atoms with Crippen molar-refractivity contribution in [1.82, 2.24) is 25.3 Å². The summed E-state index contributed by atoms with van der Waals surface area (Å²) in [5.74, 6) is 4.33. The number of aromatic nitrogens is 3. The van der Waals surface area contributed by atoms with Gasteiger partial charge in [-0.05, 0) is 13.0 Å². The molecular formula is C10H17F3N6O. The number of amides is 1. The largest absolute Gasteiger partial charge is 0.401 e. The summed E-state index contributed by atoms with van der Waals surface area (Å²) in [6.07, 6.45) is -2.28. The molecule has 1 rings (SSSR count). The van der Waals surface area contributed by atoms with Crippen molar-refractivity contribution in [2.75, 3.05) is 19.6 Å². The van der Waals surface area contributed by atoms with Crippen LogP contribution in [0.25, 0.3) is 0 Å². The number of halogens is 3. The summed E-state index contributed by atoms with van der Waals surface area (Å²) >= 11 is 0. The Morgan fingerprint density at radius 2 is 2.20 bits per heavy atom. The van der Waals surface area contributed by atoms with E-state index in [0.29, 0.717) is 13.0 Å². The fourth-order valence-electron chi connectivity index (χ4n) is 1.67. The van der Waals surface area contributed by atoms with Gasteiger partial charge in [0.05, 0.1) is 19.3 Å². The Bertz CT molecular complexity index is 433. The molecule has 0 saturated carbocycles. The molecule has 114 valence electrons. The van der Waals surface area contributed by atoms with Crippen LogP contribution in [0.3, 0.4) is 0 Å². The van der Waals surface area contributed by atoms with Crippen molar-refractivity contribution >= 4 is 5.91 Å². The Morgan fingerprint density at radius 3 is 2.75 bits per heavy atom. The molecule has 0 aromatic carbocycles. The summed E-state index contributed by atoms with van der Waals surface area (Å²) < 4.78 is 38.4. The van der Waals surface area contributed by atoms with Crippen LogP contribution >= 0.6 is 0 Å². The lowest BCUT2D eigenvalue weighted by molar-refractivity contribution is -0.146. The first-order chi connectivity index (χ1) is 9.35. The van der Waals surface area contributed by atoms with Crippen LogP contribution < -0.4 is 11.3 Å². The van der Waals surface area contributed by atoms with Crippen LogP contribution in [0.4, 0.5) is 13.2 Å². The Hall–Kier alpha value is -1.68. The van der Waals surface area contributed by atoms with E-state index >= 15 is 0 Å². The fourth-order valence-corrected chi connectivity index (χ4v) is 1.67. The average Bonchev–Trinajstić information content (AvgIpc) is 2.82. The number of nitrogen functional groups attached to an aromatic ring is 1. The Labute approximate surface area is 113 Å². The number of nitrogens with two attached hydrogens (primary N) is 1. The van der Waals surface area contributed by atoms with Crippen molar-refractivity contribution in [3.05, 3.63) is 11.9 Å². The van der Waals surface area contributed by atoms with Crippen molar-refractivity contribution in [2.45, 2.75) is 26.1 Å². The molecule has 0 aliphatic carbocycles. The number of nitrogens with one attached hydrogen (secondary N) is 1. The van der Waals surface area contributed by atoms with Crippen LogP contribution in [0.1, 0.15) is 23.8 Å². The molecular weight excluding hydrogens is 277 g/mol. The van der Waals surface area contributed by atoms with Gasteiger partial charge in [-0.15, -0.1) is 5.10 Å². The van der Waals surface area contributed by atoms with Gasteiger partial charge >= 0.3 is 6.18 Å². The zero-order valence-electron chi connectivity index (χ0n) is 11.0. The molecule has 1 aromatic rings. The van der Waals surface area contributed by atoms with E-state index in [2.05, 4.69) is 10.3 Å². The van der Waals surface area contributed by atoms with E-state index in [4.69, 9.17) is 5.84 Å². The molecule has 20 heavy (non-hydrogen) atoms. The van der Waals surface area contributed by atoms with Gasteiger partial charge in [-0.25, -0.2) is 5.84 Å².